The molecule has 1 heterocycles. The van der Waals surface area contributed by atoms with Crippen LogP contribution in [-0.2, 0) is 9.59 Å². The lowest BCUT2D eigenvalue weighted by Gasteiger charge is -2.21. The predicted octanol–water partition coefficient (Wildman–Crippen LogP) is 1.80. The van der Waals surface area contributed by atoms with Gasteiger partial charge in [-0.2, -0.15) is 0 Å². The van der Waals surface area contributed by atoms with E-state index in [-0.39, 0.29) is 24.2 Å². The van der Waals surface area contributed by atoms with Crippen molar-refractivity contribution in [2.45, 2.75) is 12.8 Å². The van der Waals surface area contributed by atoms with Crippen LogP contribution in [0.2, 0.25) is 5.02 Å². The molecule has 1 aromatic rings. The van der Waals surface area contributed by atoms with Crippen LogP contribution >= 0.6 is 11.6 Å². The van der Waals surface area contributed by atoms with Crippen molar-refractivity contribution >= 4 is 29.1 Å². The zero-order valence-corrected chi connectivity index (χ0v) is 9.96. The Morgan fingerprint density at radius 1 is 1.41 bits per heavy atom. The number of anilines is 1. The van der Waals surface area contributed by atoms with E-state index >= 15 is 0 Å². The van der Waals surface area contributed by atoms with Crippen LogP contribution in [0.1, 0.15) is 12.8 Å². The summed E-state index contributed by atoms with van der Waals surface area (Å²) >= 11 is 5.94. The second-order valence-electron chi connectivity index (χ2n) is 4.01. The van der Waals surface area contributed by atoms with Crippen LogP contribution in [0.5, 0.6) is 0 Å². The largest absolute Gasteiger partial charge is 0.356 e. The average Bonchev–Trinajstić information content (AvgIpc) is 2.32. The number of carbonyl (C=O) groups excluding carboxylic acids is 2. The number of rotatable bonds is 2. The van der Waals surface area contributed by atoms with Crippen LogP contribution in [-0.4, -0.2) is 18.4 Å². The molecule has 0 aliphatic carbocycles. The van der Waals surface area contributed by atoms with Crippen LogP contribution in [0.4, 0.5) is 5.69 Å². The minimum absolute atomic E-state index is 0.0736. The van der Waals surface area contributed by atoms with Gasteiger partial charge in [-0.05, 0) is 18.6 Å². The molecule has 1 aliphatic heterocycles. The molecule has 2 rings (SSSR count). The van der Waals surface area contributed by atoms with Crippen LogP contribution in [0.15, 0.2) is 24.3 Å². The molecule has 4 nitrogen and oxygen atoms in total. The third kappa shape index (κ3) is 2.97. The van der Waals surface area contributed by atoms with Gasteiger partial charge in [-0.15, -0.1) is 0 Å². The summed E-state index contributed by atoms with van der Waals surface area (Å²) in [7, 11) is 0. The number of halogens is 1. The van der Waals surface area contributed by atoms with E-state index in [4.69, 9.17) is 11.6 Å². The number of piperidine rings is 1. The smallest absolute Gasteiger partial charge is 0.228 e. The van der Waals surface area contributed by atoms with Crippen molar-refractivity contribution in [3.8, 4) is 0 Å². The summed E-state index contributed by atoms with van der Waals surface area (Å²) in [6.45, 7) is 0.555. The molecule has 0 bridgehead atoms. The Kier molecular flexibility index (Phi) is 3.64. The van der Waals surface area contributed by atoms with Crippen molar-refractivity contribution in [3.05, 3.63) is 29.3 Å². The molecule has 2 amide bonds. The van der Waals surface area contributed by atoms with Gasteiger partial charge in [0.15, 0.2) is 0 Å². The highest BCUT2D eigenvalue weighted by Gasteiger charge is 2.25. The minimum Gasteiger partial charge on any atom is -0.356 e. The number of hydrogen-bond donors (Lipinski definition) is 2. The molecular weight excluding hydrogens is 240 g/mol. The summed E-state index contributed by atoms with van der Waals surface area (Å²) in [5, 5.41) is 5.95. The molecule has 1 unspecified atom stereocenters. The van der Waals surface area contributed by atoms with E-state index in [2.05, 4.69) is 10.6 Å². The summed E-state index contributed by atoms with van der Waals surface area (Å²) in [6.07, 6.45) is 0.915. The van der Waals surface area contributed by atoms with Gasteiger partial charge in [-0.1, -0.05) is 23.7 Å². The zero-order chi connectivity index (χ0) is 12.3. The SMILES string of the molecule is O=C1CC(C(=O)Nc2ccccc2Cl)CCN1. The first-order valence-corrected chi connectivity index (χ1v) is 5.86. The summed E-state index contributed by atoms with van der Waals surface area (Å²) < 4.78 is 0. The van der Waals surface area contributed by atoms with Gasteiger partial charge in [0.25, 0.3) is 0 Å². The molecule has 1 saturated heterocycles. The number of amides is 2. The van der Waals surface area contributed by atoms with Gasteiger partial charge in [0.05, 0.1) is 10.7 Å². The molecular formula is C12H13ClN2O2. The van der Waals surface area contributed by atoms with E-state index in [1.165, 1.54) is 0 Å². The molecule has 0 radical (unpaired) electrons. The van der Waals surface area contributed by atoms with Crippen molar-refractivity contribution < 1.29 is 9.59 Å². The quantitative estimate of drug-likeness (QED) is 0.843. The lowest BCUT2D eigenvalue weighted by atomic mass is 9.96. The second kappa shape index (κ2) is 5.19. The molecule has 1 aromatic carbocycles. The van der Waals surface area contributed by atoms with Gasteiger partial charge in [-0.3, -0.25) is 9.59 Å². The lowest BCUT2D eigenvalue weighted by molar-refractivity contribution is -0.129. The molecule has 1 fully saturated rings. The van der Waals surface area contributed by atoms with Crippen molar-refractivity contribution in [2.24, 2.45) is 5.92 Å². The monoisotopic (exact) mass is 252 g/mol. The standard InChI is InChI=1S/C12H13ClN2O2/c13-9-3-1-2-4-10(9)15-12(17)8-5-6-14-11(16)7-8/h1-4,8H,5-7H2,(H,14,16)(H,15,17). The van der Waals surface area contributed by atoms with E-state index in [0.717, 1.165) is 0 Å². The normalized spacial score (nSPS) is 19.6. The Balaban J connectivity index is 2.02. The number of para-hydroxylation sites is 1. The fraction of sp³-hybridized carbons (Fsp3) is 0.333. The zero-order valence-electron chi connectivity index (χ0n) is 9.20. The lowest BCUT2D eigenvalue weighted by Crippen LogP contribution is -2.38. The maximum Gasteiger partial charge on any atom is 0.228 e. The van der Waals surface area contributed by atoms with Crippen LogP contribution in [0.25, 0.3) is 0 Å². The summed E-state index contributed by atoms with van der Waals surface area (Å²) in [5.74, 6) is -0.483. The van der Waals surface area contributed by atoms with Gasteiger partial charge in [0.2, 0.25) is 11.8 Å². The van der Waals surface area contributed by atoms with Crippen molar-refractivity contribution in [1.29, 1.82) is 0 Å². The molecule has 2 N–H and O–H groups in total. The van der Waals surface area contributed by atoms with E-state index in [0.29, 0.717) is 23.7 Å². The molecule has 90 valence electrons. The van der Waals surface area contributed by atoms with Crippen molar-refractivity contribution in [2.75, 3.05) is 11.9 Å². The molecule has 0 saturated carbocycles. The molecule has 1 aliphatic rings. The van der Waals surface area contributed by atoms with E-state index in [1.54, 1.807) is 24.3 Å². The highest BCUT2D eigenvalue weighted by molar-refractivity contribution is 6.33. The topological polar surface area (TPSA) is 58.2 Å². The number of benzene rings is 1. The number of carbonyl (C=O) groups is 2. The van der Waals surface area contributed by atoms with Crippen molar-refractivity contribution in [1.82, 2.24) is 5.32 Å². The molecule has 0 spiro atoms. The van der Waals surface area contributed by atoms with Gasteiger partial charge in [0.1, 0.15) is 0 Å². The summed E-state index contributed by atoms with van der Waals surface area (Å²) in [5.41, 5.74) is 0.588. The summed E-state index contributed by atoms with van der Waals surface area (Å²) in [4.78, 5) is 23.1. The highest BCUT2D eigenvalue weighted by atomic mass is 35.5. The Morgan fingerprint density at radius 3 is 2.88 bits per heavy atom. The maximum atomic E-state index is 11.9. The van der Waals surface area contributed by atoms with Crippen molar-refractivity contribution in [3.63, 3.8) is 0 Å². The molecule has 17 heavy (non-hydrogen) atoms. The first-order valence-electron chi connectivity index (χ1n) is 5.49. The van der Waals surface area contributed by atoms with Crippen LogP contribution < -0.4 is 10.6 Å². The second-order valence-corrected chi connectivity index (χ2v) is 4.42. The Hall–Kier alpha value is -1.55. The maximum absolute atomic E-state index is 11.9. The first-order chi connectivity index (χ1) is 8.16. The van der Waals surface area contributed by atoms with Crippen LogP contribution in [0.3, 0.4) is 0 Å². The van der Waals surface area contributed by atoms with Gasteiger partial charge in [-0.25, -0.2) is 0 Å². The summed E-state index contributed by atoms with van der Waals surface area (Å²) in [6, 6.07) is 7.05. The fourth-order valence-electron chi connectivity index (χ4n) is 1.81. The Labute approximate surface area is 104 Å². The van der Waals surface area contributed by atoms with Gasteiger partial charge < -0.3 is 10.6 Å². The van der Waals surface area contributed by atoms with Crippen LogP contribution in [0, 0.1) is 5.92 Å². The molecule has 1 atom stereocenters. The van der Waals surface area contributed by atoms with E-state index < -0.39 is 0 Å². The Bertz CT molecular complexity index is 448. The molecule has 5 heteroatoms. The van der Waals surface area contributed by atoms with Gasteiger partial charge >= 0.3 is 0 Å². The third-order valence-corrected chi connectivity index (χ3v) is 3.08. The van der Waals surface area contributed by atoms with E-state index in [9.17, 15) is 9.59 Å². The average molecular weight is 253 g/mol. The first kappa shape index (κ1) is 11.9. The van der Waals surface area contributed by atoms with Gasteiger partial charge in [0, 0.05) is 18.9 Å². The third-order valence-electron chi connectivity index (χ3n) is 2.75. The number of nitrogens with one attached hydrogen (secondary N) is 2. The highest BCUT2D eigenvalue weighted by Crippen LogP contribution is 2.22. The predicted molar refractivity (Wildman–Crippen MR) is 65.8 cm³/mol. The Morgan fingerprint density at radius 2 is 2.18 bits per heavy atom. The van der Waals surface area contributed by atoms with E-state index in [1.807, 2.05) is 0 Å². The number of hydrogen-bond acceptors (Lipinski definition) is 2. The minimum atomic E-state index is -0.264. The fourth-order valence-corrected chi connectivity index (χ4v) is 1.99. The molecule has 0 aromatic heterocycles.